The molecule has 0 aliphatic rings. The van der Waals surface area contributed by atoms with E-state index in [4.69, 9.17) is 0 Å². The van der Waals surface area contributed by atoms with Gasteiger partial charge in [0.25, 0.3) is 5.56 Å². The third-order valence-electron chi connectivity index (χ3n) is 2.32. The number of aromatic nitrogens is 2. The molecule has 0 saturated carbocycles. The number of benzene rings is 1. The lowest BCUT2D eigenvalue weighted by atomic mass is 10.2. The minimum atomic E-state index is -0.130. The molecule has 0 fully saturated rings. The van der Waals surface area contributed by atoms with Crippen molar-refractivity contribution in [3.8, 4) is 0 Å². The van der Waals surface area contributed by atoms with Crippen molar-refractivity contribution < 1.29 is 0 Å². The summed E-state index contributed by atoms with van der Waals surface area (Å²) in [7, 11) is 0. The minimum Gasteiger partial charge on any atom is -0.390 e. The molecule has 88 valence electrons. The minimum absolute atomic E-state index is 0.130. The van der Waals surface area contributed by atoms with Gasteiger partial charge in [0.15, 0.2) is 0 Å². The number of H-pyrrole nitrogens is 1. The van der Waals surface area contributed by atoms with E-state index in [0.29, 0.717) is 23.4 Å². The van der Waals surface area contributed by atoms with E-state index >= 15 is 0 Å². The van der Waals surface area contributed by atoms with Crippen LogP contribution < -0.4 is 16.2 Å². The van der Waals surface area contributed by atoms with Crippen LogP contribution in [0.1, 0.15) is 0 Å². The van der Waals surface area contributed by atoms with Crippen molar-refractivity contribution >= 4 is 16.9 Å². The Kier molecular flexibility index (Phi) is 3.40. The van der Waals surface area contributed by atoms with Gasteiger partial charge < -0.3 is 10.6 Å². The molecular weight excluding hydrogens is 216 g/mol. The molecule has 0 aliphatic carbocycles. The summed E-state index contributed by atoms with van der Waals surface area (Å²) < 4.78 is 0. The van der Waals surface area contributed by atoms with E-state index in [1.807, 2.05) is 18.2 Å². The summed E-state index contributed by atoms with van der Waals surface area (Å²) in [5.41, 5.74) is 0.560. The molecule has 0 radical (unpaired) electrons. The lowest BCUT2D eigenvalue weighted by Gasteiger charge is -2.06. The third-order valence-corrected chi connectivity index (χ3v) is 2.32. The smallest absolute Gasteiger partial charge is 0.260 e. The summed E-state index contributed by atoms with van der Waals surface area (Å²) in [6, 6.07) is 7.25. The fourth-order valence-electron chi connectivity index (χ4n) is 1.53. The van der Waals surface area contributed by atoms with Gasteiger partial charge in [-0.2, -0.15) is 0 Å². The summed E-state index contributed by atoms with van der Waals surface area (Å²) in [5, 5.41) is 6.59. The van der Waals surface area contributed by atoms with Crippen LogP contribution in [0.5, 0.6) is 0 Å². The highest BCUT2D eigenvalue weighted by Gasteiger charge is 2.01. The number of hydrogen-bond acceptors (Lipinski definition) is 4. The van der Waals surface area contributed by atoms with Crippen LogP contribution in [-0.2, 0) is 0 Å². The van der Waals surface area contributed by atoms with Crippen molar-refractivity contribution in [2.75, 3.05) is 18.4 Å². The Balaban J connectivity index is 2.19. The average Bonchev–Trinajstić information content (AvgIpc) is 2.35. The van der Waals surface area contributed by atoms with Gasteiger partial charge in [-0.05, 0) is 18.3 Å². The molecule has 0 aliphatic heterocycles. The van der Waals surface area contributed by atoms with Crippen LogP contribution in [-0.4, -0.2) is 23.1 Å². The first kappa shape index (κ1) is 11.2. The Bertz CT molecular complexity index is 576. The van der Waals surface area contributed by atoms with Crippen LogP contribution in [0.25, 0.3) is 10.9 Å². The number of nitrogens with zero attached hydrogens (tertiary/aromatic N) is 1. The number of rotatable bonds is 5. The number of anilines is 1. The van der Waals surface area contributed by atoms with Gasteiger partial charge in [-0.15, -0.1) is 0 Å². The summed E-state index contributed by atoms with van der Waals surface area (Å²) in [6.45, 7) is 4.93. The molecule has 17 heavy (non-hydrogen) atoms. The normalized spacial score (nSPS) is 10.1. The maximum absolute atomic E-state index is 11.7. The Morgan fingerprint density at radius 1 is 1.35 bits per heavy atom. The van der Waals surface area contributed by atoms with Gasteiger partial charge in [0, 0.05) is 13.1 Å². The maximum atomic E-state index is 11.7. The Morgan fingerprint density at radius 3 is 3.00 bits per heavy atom. The molecule has 0 saturated heterocycles. The van der Waals surface area contributed by atoms with Crippen LogP contribution in [0, 0.1) is 0 Å². The molecule has 0 bridgehead atoms. The first-order valence-corrected chi connectivity index (χ1v) is 5.38. The average molecular weight is 230 g/mol. The number of nitrogens with one attached hydrogen (secondary N) is 3. The molecule has 5 nitrogen and oxygen atoms in total. The highest BCUT2D eigenvalue weighted by Crippen LogP contribution is 2.07. The fourth-order valence-corrected chi connectivity index (χ4v) is 1.53. The van der Waals surface area contributed by atoms with E-state index in [2.05, 4.69) is 27.2 Å². The molecule has 1 heterocycles. The van der Waals surface area contributed by atoms with Gasteiger partial charge in [-0.1, -0.05) is 18.7 Å². The second-order valence-electron chi connectivity index (χ2n) is 3.52. The van der Waals surface area contributed by atoms with Crippen molar-refractivity contribution in [2.45, 2.75) is 0 Å². The van der Waals surface area contributed by atoms with Gasteiger partial charge in [0.2, 0.25) is 5.95 Å². The predicted octanol–water partition coefficient (Wildman–Crippen LogP) is 1.07. The lowest BCUT2D eigenvalue weighted by Crippen LogP contribution is -2.20. The molecule has 0 spiro atoms. The first-order valence-electron chi connectivity index (χ1n) is 5.38. The van der Waals surface area contributed by atoms with Gasteiger partial charge >= 0.3 is 0 Å². The third kappa shape index (κ3) is 2.63. The maximum Gasteiger partial charge on any atom is 0.260 e. The molecule has 5 heteroatoms. The van der Waals surface area contributed by atoms with Crippen LogP contribution in [0.2, 0.25) is 0 Å². The van der Waals surface area contributed by atoms with Gasteiger partial charge in [-0.25, -0.2) is 4.98 Å². The lowest BCUT2D eigenvalue weighted by molar-refractivity contribution is 0.862. The standard InChI is InChI=1S/C12H14N4O/c1-2-13-7-8-14-12-15-10-6-4-3-5-9(10)11(17)16-12/h2-6,13H,1,7-8H2,(H2,14,15,16,17). The quantitative estimate of drug-likeness (QED) is 0.672. The topological polar surface area (TPSA) is 69.8 Å². The first-order chi connectivity index (χ1) is 8.31. The SMILES string of the molecule is C=CNCCNc1nc2ccccc2c(=O)[nH]1. The predicted molar refractivity (Wildman–Crippen MR) is 69.1 cm³/mol. The molecule has 1 aromatic carbocycles. The molecule has 0 amide bonds. The highest BCUT2D eigenvalue weighted by atomic mass is 16.1. The summed E-state index contributed by atoms with van der Waals surface area (Å²) in [6.07, 6.45) is 1.62. The van der Waals surface area contributed by atoms with Crippen molar-refractivity contribution in [3.05, 3.63) is 47.4 Å². The van der Waals surface area contributed by atoms with Gasteiger partial charge in [0.1, 0.15) is 0 Å². The summed E-state index contributed by atoms with van der Waals surface area (Å²) in [5.74, 6) is 0.486. The highest BCUT2D eigenvalue weighted by molar-refractivity contribution is 5.78. The van der Waals surface area contributed by atoms with Crippen molar-refractivity contribution in [1.29, 1.82) is 0 Å². The monoisotopic (exact) mass is 230 g/mol. The number of aromatic amines is 1. The van der Waals surface area contributed by atoms with E-state index in [-0.39, 0.29) is 5.56 Å². The zero-order valence-corrected chi connectivity index (χ0v) is 9.36. The molecule has 0 atom stereocenters. The molecular formula is C12H14N4O. The largest absolute Gasteiger partial charge is 0.390 e. The van der Waals surface area contributed by atoms with Gasteiger partial charge in [0.05, 0.1) is 10.9 Å². The van der Waals surface area contributed by atoms with Crippen LogP contribution in [0.3, 0.4) is 0 Å². The second kappa shape index (κ2) is 5.16. The zero-order chi connectivity index (χ0) is 12.1. The second-order valence-corrected chi connectivity index (χ2v) is 3.52. The van der Waals surface area contributed by atoms with Crippen molar-refractivity contribution in [3.63, 3.8) is 0 Å². The molecule has 0 unspecified atom stereocenters. The molecule has 2 rings (SSSR count). The summed E-state index contributed by atoms with van der Waals surface area (Å²) >= 11 is 0. The van der Waals surface area contributed by atoms with E-state index in [1.54, 1.807) is 12.3 Å². The zero-order valence-electron chi connectivity index (χ0n) is 9.36. The van der Waals surface area contributed by atoms with E-state index in [1.165, 1.54) is 0 Å². The Morgan fingerprint density at radius 2 is 2.18 bits per heavy atom. The van der Waals surface area contributed by atoms with Crippen molar-refractivity contribution in [2.24, 2.45) is 0 Å². The van der Waals surface area contributed by atoms with Crippen LogP contribution in [0.4, 0.5) is 5.95 Å². The number of para-hydroxylation sites is 1. The molecule has 3 N–H and O–H groups in total. The van der Waals surface area contributed by atoms with Crippen LogP contribution in [0.15, 0.2) is 41.8 Å². The van der Waals surface area contributed by atoms with Gasteiger partial charge in [-0.3, -0.25) is 9.78 Å². The number of fused-ring (bicyclic) bond motifs is 1. The van der Waals surface area contributed by atoms with E-state index in [9.17, 15) is 4.79 Å². The summed E-state index contributed by atoms with van der Waals surface area (Å²) in [4.78, 5) is 18.7. The molecule has 1 aromatic heterocycles. The molecule has 2 aromatic rings. The Labute approximate surface area is 98.6 Å². The Hall–Kier alpha value is -2.30. The number of hydrogen-bond donors (Lipinski definition) is 3. The van der Waals surface area contributed by atoms with Crippen molar-refractivity contribution in [1.82, 2.24) is 15.3 Å². The van der Waals surface area contributed by atoms with E-state index in [0.717, 1.165) is 6.54 Å². The fraction of sp³-hybridized carbons (Fsp3) is 0.167. The van der Waals surface area contributed by atoms with Crippen LogP contribution >= 0.6 is 0 Å². The van der Waals surface area contributed by atoms with E-state index < -0.39 is 0 Å².